The van der Waals surface area contributed by atoms with Gasteiger partial charge in [-0.1, -0.05) is 0 Å². The van der Waals surface area contributed by atoms with Crippen LogP contribution in [0.2, 0.25) is 0 Å². The molecule has 1 aromatic carbocycles. The Labute approximate surface area is 119 Å². The minimum absolute atomic E-state index is 0.0931. The highest BCUT2D eigenvalue weighted by Gasteiger charge is 2.21. The first-order chi connectivity index (χ1) is 9.73. The molecule has 21 heavy (non-hydrogen) atoms. The lowest BCUT2D eigenvalue weighted by Crippen LogP contribution is -2.41. The van der Waals surface area contributed by atoms with E-state index in [1.165, 1.54) is 0 Å². The molecule has 2 amide bonds. The van der Waals surface area contributed by atoms with Gasteiger partial charge in [-0.05, 0) is 26.0 Å². The Morgan fingerprint density at radius 3 is 2.38 bits per heavy atom. The molecule has 0 spiro atoms. The van der Waals surface area contributed by atoms with Gasteiger partial charge in [0, 0.05) is 12.6 Å². The summed E-state index contributed by atoms with van der Waals surface area (Å²) in [5.74, 6) is -5.65. The van der Waals surface area contributed by atoms with Crippen LogP contribution >= 0.6 is 0 Å². The fourth-order valence-corrected chi connectivity index (χ4v) is 1.62. The van der Waals surface area contributed by atoms with Gasteiger partial charge in [-0.2, -0.15) is 0 Å². The number of carboxylic acids is 1. The van der Waals surface area contributed by atoms with Crippen LogP contribution < -0.4 is 5.32 Å². The van der Waals surface area contributed by atoms with Crippen LogP contribution in [0.4, 0.5) is 23.7 Å². The quantitative estimate of drug-likeness (QED) is 0.822. The molecule has 0 aromatic heterocycles. The molecule has 0 aliphatic rings. The van der Waals surface area contributed by atoms with Gasteiger partial charge in [-0.25, -0.2) is 18.0 Å². The third-order valence-corrected chi connectivity index (χ3v) is 2.73. The van der Waals surface area contributed by atoms with E-state index in [1.54, 1.807) is 13.8 Å². The Bertz CT molecular complexity index is 550. The van der Waals surface area contributed by atoms with E-state index >= 15 is 0 Å². The van der Waals surface area contributed by atoms with Crippen molar-refractivity contribution < 1.29 is 27.9 Å². The van der Waals surface area contributed by atoms with Gasteiger partial charge >= 0.3 is 12.0 Å². The summed E-state index contributed by atoms with van der Waals surface area (Å²) < 4.78 is 39.3. The maximum Gasteiger partial charge on any atom is 0.322 e. The number of halogens is 3. The van der Waals surface area contributed by atoms with Gasteiger partial charge in [0.05, 0.1) is 12.1 Å². The molecule has 1 rings (SSSR count). The van der Waals surface area contributed by atoms with Gasteiger partial charge < -0.3 is 15.3 Å². The van der Waals surface area contributed by atoms with Gasteiger partial charge in [0.15, 0.2) is 17.5 Å². The lowest BCUT2D eigenvalue weighted by Gasteiger charge is -2.26. The Hall–Kier alpha value is -2.25. The number of benzene rings is 1. The lowest BCUT2D eigenvalue weighted by molar-refractivity contribution is -0.137. The minimum Gasteiger partial charge on any atom is -0.481 e. The molecule has 0 aliphatic carbocycles. The van der Waals surface area contributed by atoms with Crippen molar-refractivity contribution in [3.05, 3.63) is 29.6 Å². The summed E-state index contributed by atoms with van der Waals surface area (Å²) in [6.07, 6.45) is -0.286. The summed E-state index contributed by atoms with van der Waals surface area (Å²) in [6, 6.07) is 0.431. The molecule has 8 heteroatoms. The van der Waals surface area contributed by atoms with Crippen LogP contribution in [-0.2, 0) is 4.79 Å². The van der Waals surface area contributed by atoms with E-state index in [-0.39, 0.29) is 19.0 Å². The van der Waals surface area contributed by atoms with Crippen molar-refractivity contribution in [3.63, 3.8) is 0 Å². The number of hydrogen-bond acceptors (Lipinski definition) is 2. The molecule has 2 N–H and O–H groups in total. The van der Waals surface area contributed by atoms with E-state index in [0.29, 0.717) is 6.07 Å². The lowest BCUT2D eigenvalue weighted by atomic mass is 10.2. The summed E-state index contributed by atoms with van der Waals surface area (Å²) >= 11 is 0. The van der Waals surface area contributed by atoms with Crippen LogP contribution in [0.1, 0.15) is 20.3 Å². The fraction of sp³-hybridized carbons (Fsp3) is 0.385. The van der Waals surface area contributed by atoms with Crippen molar-refractivity contribution in [2.45, 2.75) is 26.3 Å². The monoisotopic (exact) mass is 304 g/mol. The Kier molecular flexibility index (Phi) is 5.57. The second kappa shape index (κ2) is 6.96. The predicted octanol–water partition coefficient (Wildman–Crippen LogP) is 2.82. The number of nitrogens with one attached hydrogen (secondary N) is 1. The molecule has 1 aromatic rings. The number of carboxylic acid groups (broad SMARTS) is 1. The predicted molar refractivity (Wildman–Crippen MR) is 69.4 cm³/mol. The molecule has 0 atom stereocenters. The van der Waals surface area contributed by atoms with Gasteiger partial charge in [0.1, 0.15) is 0 Å². The van der Waals surface area contributed by atoms with Crippen molar-refractivity contribution in [3.8, 4) is 0 Å². The summed E-state index contributed by atoms with van der Waals surface area (Å²) in [7, 11) is 0. The van der Waals surface area contributed by atoms with Crippen LogP contribution in [0.3, 0.4) is 0 Å². The van der Waals surface area contributed by atoms with E-state index < -0.39 is 35.1 Å². The number of rotatable bonds is 5. The molecule has 0 saturated carbocycles. The highest BCUT2D eigenvalue weighted by atomic mass is 19.2. The zero-order chi connectivity index (χ0) is 16.2. The topological polar surface area (TPSA) is 69.6 Å². The second-order valence-electron chi connectivity index (χ2n) is 4.58. The molecule has 0 radical (unpaired) electrons. The molecular weight excluding hydrogens is 289 g/mol. The SMILES string of the molecule is CC(C)N(CCC(=O)O)C(=O)Nc1ccc(F)c(F)c1F. The van der Waals surface area contributed by atoms with Crippen LogP contribution in [0.15, 0.2) is 12.1 Å². The molecule has 0 aliphatic heterocycles. The first-order valence-electron chi connectivity index (χ1n) is 6.17. The average molecular weight is 304 g/mol. The summed E-state index contributed by atoms with van der Waals surface area (Å²) in [6.45, 7) is 3.19. The van der Waals surface area contributed by atoms with Gasteiger partial charge in [0.25, 0.3) is 0 Å². The first kappa shape index (κ1) is 16.8. The van der Waals surface area contributed by atoms with Crippen molar-refractivity contribution in [1.29, 1.82) is 0 Å². The normalized spacial score (nSPS) is 10.6. The number of aliphatic carboxylic acids is 1. The Morgan fingerprint density at radius 2 is 1.86 bits per heavy atom. The zero-order valence-corrected chi connectivity index (χ0v) is 11.5. The van der Waals surface area contributed by atoms with Crippen molar-refractivity contribution in [2.75, 3.05) is 11.9 Å². The summed E-state index contributed by atoms with van der Waals surface area (Å²) in [5.41, 5.74) is -0.514. The summed E-state index contributed by atoms with van der Waals surface area (Å²) in [4.78, 5) is 23.6. The molecule has 5 nitrogen and oxygen atoms in total. The van der Waals surface area contributed by atoms with Gasteiger partial charge in [-0.15, -0.1) is 0 Å². The number of carbonyl (C=O) groups excluding carboxylic acids is 1. The maximum atomic E-state index is 13.5. The minimum atomic E-state index is -1.69. The van der Waals surface area contributed by atoms with E-state index in [0.717, 1.165) is 11.0 Å². The van der Waals surface area contributed by atoms with Crippen LogP contribution in [-0.4, -0.2) is 34.6 Å². The number of anilines is 1. The van der Waals surface area contributed by atoms with E-state index in [9.17, 15) is 22.8 Å². The number of amides is 2. The number of hydrogen-bond donors (Lipinski definition) is 2. The van der Waals surface area contributed by atoms with E-state index in [1.807, 2.05) is 0 Å². The molecule has 0 bridgehead atoms. The van der Waals surface area contributed by atoms with Crippen molar-refractivity contribution in [1.82, 2.24) is 4.90 Å². The third kappa shape index (κ3) is 4.37. The standard InChI is InChI=1S/C13H15F3N2O3/c1-7(2)18(6-5-10(19)20)13(21)17-9-4-3-8(14)11(15)12(9)16/h3-4,7H,5-6H2,1-2H3,(H,17,21)(H,19,20). The maximum absolute atomic E-state index is 13.5. The van der Waals surface area contributed by atoms with Crippen LogP contribution in [0, 0.1) is 17.5 Å². The van der Waals surface area contributed by atoms with Crippen molar-refractivity contribution >= 4 is 17.7 Å². The highest BCUT2D eigenvalue weighted by Crippen LogP contribution is 2.20. The zero-order valence-electron chi connectivity index (χ0n) is 11.5. The molecule has 0 saturated heterocycles. The summed E-state index contributed by atoms with van der Waals surface area (Å²) in [5, 5.41) is 10.7. The molecule has 116 valence electrons. The fourth-order valence-electron chi connectivity index (χ4n) is 1.62. The van der Waals surface area contributed by atoms with E-state index in [2.05, 4.69) is 5.32 Å². The molecule has 0 heterocycles. The molecule has 0 unspecified atom stereocenters. The highest BCUT2D eigenvalue weighted by molar-refractivity contribution is 5.89. The van der Waals surface area contributed by atoms with Gasteiger partial charge in [-0.3, -0.25) is 4.79 Å². The largest absolute Gasteiger partial charge is 0.481 e. The Balaban J connectivity index is 2.87. The first-order valence-corrected chi connectivity index (χ1v) is 6.17. The van der Waals surface area contributed by atoms with Crippen LogP contribution in [0.5, 0.6) is 0 Å². The molecule has 0 fully saturated rings. The average Bonchev–Trinajstić information content (AvgIpc) is 2.39. The molecular formula is C13H15F3N2O3. The third-order valence-electron chi connectivity index (χ3n) is 2.73. The van der Waals surface area contributed by atoms with Crippen molar-refractivity contribution in [2.24, 2.45) is 0 Å². The van der Waals surface area contributed by atoms with E-state index in [4.69, 9.17) is 5.11 Å². The Morgan fingerprint density at radius 1 is 1.24 bits per heavy atom. The second-order valence-corrected chi connectivity index (χ2v) is 4.58. The number of carbonyl (C=O) groups is 2. The van der Waals surface area contributed by atoms with Crippen LogP contribution in [0.25, 0.3) is 0 Å². The smallest absolute Gasteiger partial charge is 0.322 e. The van der Waals surface area contributed by atoms with Gasteiger partial charge in [0.2, 0.25) is 0 Å². The number of urea groups is 1. The number of nitrogens with zero attached hydrogens (tertiary/aromatic N) is 1.